The Balaban J connectivity index is 1.69. The Morgan fingerprint density at radius 1 is 1.26 bits per heavy atom. The minimum atomic E-state index is -0.0536. The average molecular weight is 310 g/mol. The minimum Gasteiger partial charge on any atom is -0.366 e. The van der Waals surface area contributed by atoms with Crippen molar-refractivity contribution in [3.05, 3.63) is 53.5 Å². The second-order valence-corrected chi connectivity index (χ2v) is 5.99. The fourth-order valence-corrected chi connectivity index (χ4v) is 2.70. The molecule has 5 heteroatoms. The predicted molar refractivity (Wildman–Crippen MR) is 90.3 cm³/mol. The Bertz CT molecular complexity index is 684. The molecule has 2 heterocycles. The first-order valence-electron chi connectivity index (χ1n) is 8.12. The van der Waals surface area contributed by atoms with E-state index >= 15 is 0 Å². The van der Waals surface area contributed by atoms with Crippen LogP contribution in [-0.2, 0) is 13.0 Å². The first kappa shape index (κ1) is 15.5. The number of fused-ring (bicyclic) bond motifs is 1. The number of carbonyl (C=O) groups excluding carboxylic acids is 1. The highest BCUT2D eigenvalue weighted by molar-refractivity contribution is 5.92. The van der Waals surface area contributed by atoms with Crippen molar-refractivity contribution < 1.29 is 4.79 Å². The molecule has 2 aromatic rings. The van der Waals surface area contributed by atoms with Gasteiger partial charge in [-0.25, -0.2) is 9.97 Å². The normalized spacial score (nSPS) is 15.0. The van der Waals surface area contributed by atoms with E-state index in [-0.39, 0.29) is 5.91 Å². The fraction of sp³-hybridized carbons (Fsp3) is 0.389. The van der Waals surface area contributed by atoms with Crippen molar-refractivity contribution in [1.82, 2.24) is 14.9 Å². The van der Waals surface area contributed by atoms with Crippen LogP contribution < -0.4 is 5.32 Å². The molecule has 1 aliphatic rings. The summed E-state index contributed by atoms with van der Waals surface area (Å²) in [4.78, 5) is 23.0. The maximum atomic E-state index is 12.6. The number of amides is 1. The number of nitrogens with zero attached hydrogens (tertiary/aromatic N) is 3. The molecule has 3 rings (SSSR count). The summed E-state index contributed by atoms with van der Waals surface area (Å²) >= 11 is 0. The number of benzene rings is 1. The lowest BCUT2D eigenvalue weighted by molar-refractivity contribution is 0.0728. The van der Waals surface area contributed by atoms with E-state index in [1.807, 2.05) is 17.0 Å². The van der Waals surface area contributed by atoms with Crippen molar-refractivity contribution in [3.8, 4) is 0 Å². The largest absolute Gasteiger partial charge is 0.366 e. The van der Waals surface area contributed by atoms with Gasteiger partial charge in [0.25, 0.3) is 5.91 Å². The van der Waals surface area contributed by atoms with Crippen LogP contribution in [0, 0.1) is 0 Å². The zero-order valence-corrected chi connectivity index (χ0v) is 13.6. The summed E-state index contributed by atoms with van der Waals surface area (Å²) in [5, 5.41) is 3.25. The molecule has 1 unspecified atom stereocenters. The smallest absolute Gasteiger partial charge is 0.274 e. The molecule has 1 amide bonds. The van der Waals surface area contributed by atoms with Crippen LogP contribution in [0.15, 0.2) is 36.7 Å². The standard InChI is InChI=1S/C18H22N4O/c1-3-13(2)21-17-11-19-16(10-20-17)18(23)22-9-8-14-6-4-5-7-15(14)12-22/h4-7,10-11,13H,3,8-9,12H2,1-2H3,(H,20,21). The van der Waals surface area contributed by atoms with Crippen LogP contribution in [0.5, 0.6) is 0 Å². The van der Waals surface area contributed by atoms with Gasteiger partial charge in [-0.1, -0.05) is 31.2 Å². The van der Waals surface area contributed by atoms with Crippen LogP contribution in [0.25, 0.3) is 0 Å². The number of aromatic nitrogens is 2. The van der Waals surface area contributed by atoms with Gasteiger partial charge < -0.3 is 10.2 Å². The predicted octanol–water partition coefficient (Wildman–Crippen LogP) is 2.89. The van der Waals surface area contributed by atoms with Crippen LogP contribution in [0.1, 0.15) is 41.9 Å². The SMILES string of the molecule is CCC(C)Nc1cnc(C(=O)N2CCc3ccccc3C2)cn1. The van der Waals surface area contributed by atoms with Gasteiger partial charge in [-0.05, 0) is 30.9 Å². The summed E-state index contributed by atoms with van der Waals surface area (Å²) in [5.41, 5.74) is 2.95. The lowest BCUT2D eigenvalue weighted by Crippen LogP contribution is -2.36. The fourth-order valence-electron chi connectivity index (χ4n) is 2.70. The number of hydrogen-bond donors (Lipinski definition) is 1. The van der Waals surface area contributed by atoms with E-state index in [2.05, 4.69) is 41.3 Å². The molecule has 1 aliphatic heterocycles. The maximum Gasteiger partial charge on any atom is 0.274 e. The molecule has 0 bridgehead atoms. The van der Waals surface area contributed by atoms with Crippen molar-refractivity contribution in [2.75, 3.05) is 11.9 Å². The van der Waals surface area contributed by atoms with E-state index < -0.39 is 0 Å². The zero-order valence-electron chi connectivity index (χ0n) is 13.6. The van der Waals surface area contributed by atoms with Crippen LogP contribution >= 0.6 is 0 Å². The highest BCUT2D eigenvalue weighted by atomic mass is 16.2. The number of hydrogen-bond acceptors (Lipinski definition) is 4. The Morgan fingerprint density at radius 2 is 2.04 bits per heavy atom. The number of carbonyl (C=O) groups is 1. The summed E-state index contributed by atoms with van der Waals surface area (Å²) in [6, 6.07) is 8.61. The molecular weight excluding hydrogens is 288 g/mol. The second kappa shape index (κ2) is 6.77. The Morgan fingerprint density at radius 3 is 2.74 bits per heavy atom. The van der Waals surface area contributed by atoms with Crippen LogP contribution in [-0.4, -0.2) is 33.4 Å². The van der Waals surface area contributed by atoms with E-state index in [1.54, 1.807) is 12.4 Å². The van der Waals surface area contributed by atoms with Crippen molar-refractivity contribution in [1.29, 1.82) is 0 Å². The molecule has 1 aromatic carbocycles. The lowest BCUT2D eigenvalue weighted by atomic mass is 10.00. The number of rotatable bonds is 4. The second-order valence-electron chi connectivity index (χ2n) is 5.99. The van der Waals surface area contributed by atoms with Crippen molar-refractivity contribution >= 4 is 11.7 Å². The summed E-state index contributed by atoms with van der Waals surface area (Å²) in [7, 11) is 0. The van der Waals surface area contributed by atoms with Gasteiger partial charge >= 0.3 is 0 Å². The Labute approximate surface area is 136 Å². The molecule has 0 radical (unpaired) electrons. The lowest BCUT2D eigenvalue weighted by Gasteiger charge is -2.28. The highest BCUT2D eigenvalue weighted by Gasteiger charge is 2.22. The topological polar surface area (TPSA) is 58.1 Å². The van der Waals surface area contributed by atoms with Gasteiger partial charge in [0.2, 0.25) is 0 Å². The first-order valence-corrected chi connectivity index (χ1v) is 8.12. The van der Waals surface area contributed by atoms with Gasteiger partial charge in [-0.2, -0.15) is 0 Å². The third-order valence-electron chi connectivity index (χ3n) is 4.30. The molecule has 23 heavy (non-hydrogen) atoms. The van der Waals surface area contributed by atoms with Crippen molar-refractivity contribution in [3.63, 3.8) is 0 Å². The number of anilines is 1. The molecule has 0 aliphatic carbocycles. The van der Waals surface area contributed by atoms with Gasteiger partial charge in [-0.3, -0.25) is 4.79 Å². The van der Waals surface area contributed by atoms with Crippen LogP contribution in [0.3, 0.4) is 0 Å². The van der Waals surface area contributed by atoms with Gasteiger partial charge in [0.15, 0.2) is 0 Å². The summed E-state index contributed by atoms with van der Waals surface area (Å²) in [6.45, 7) is 5.57. The van der Waals surface area contributed by atoms with E-state index in [0.717, 1.165) is 19.4 Å². The van der Waals surface area contributed by atoms with Gasteiger partial charge in [0.1, 0.15) is 11.5 Å². The molecule has 0 saturated heterocycles. The summed E-state index contributed by atoms with van der Waals surface area (Å²) in [5.74, 6) is 0.655. The van der Waals surface area contributed by atoms with E-state index in [0.29, 0.717) is 24.1 Å². The van der Waals surface area contributed by atoms with E-state index in [4.69, 9.17) is 0 Å². The first-order chi connectivity index (χ1) is 11.2. The molecule has 1 aromatic heterocycles. The highest BCUT2D eigenvalue weighted by Crippen LogP contribution is 2.19. The third kappa shape index (κ3) is 3.50. The van der Waals surface area contributed by atoms with Crippen LogP contribution in [0.4, 0.5) is 5.82 Å². The minimum absolute atomic E-state index is 0.0536. The molecule has 0 fully saturated rings. The average Bonchev–Trinajstić information content (AvgIpc) is 2.61. The quantitative estimate of drug-likeness (QED) is 0.943. The van der Waals surface area contributed by atoms with Gasteiger partial charge in [0, 0.05) is 19.1 Å². The molecule has 5 nitrogen and oxygen atoms in total. The number of nitrogens with one attached hydrogen (secondary N) is 1. The van der Waals surface area contributed by atoms with E-state index in [1.165, 1.54) is 11.1 Å². The van der Waals surface area contributed by atoms with Crippen molar-refractivity contribution in [2.45, 2.75) is 39.3 Å². The third-order valence-corrected chi connectivity index (χ3v) is 4.30. The molecule has 0 spiro atoms. The summed E-state index contributed by atoms with van der Waals surface area (Å²) < 4.78 is 0. The monoisotopic (exact) mass is 310 g/mol. The Kier molecular flexibility index (Phi) is 4.55. The van der Waals surface area contributed by atoms with Gasteiger partial charge in [0.05, 0.1) is 12.4 Å². The van der Waals surface area contributed by atoms with Crippen molar-refractivity contribution in [2.24, 2.45) is 0 Å². The Hall–Kier alpha value is -2.43. The molecule has 1 N–H and O–H groups in total. The summed E-state index contributed by atoms with van der Waals surface area (Å²) in [6.07, 6.45) is 5.10. The van der Waals surface area contributed by atoms with Gasteiger partial charge in [-0.15, -0.1) is 0 Å². The van der Waals surface area contributed by atoms with E-state index in [9.17, 15) is 4.79 Å². The molecule has 120 valence electrons. The molecule has 0 saturated carbocycles. The zero-order chi connectivity index (χ0) is 16.2. The van der Waals surface area contributed by atoms with Crippen LogP contribution in [0.2, 0.25) is 0 Å². The maximum absolute atomic E-state index is 12.6. The molecule has 1 atom stereocenters. The molecular formula is C18H22N4O.